The van der Waals surface area contributed by atoms with Crippen molar-refractivity contribution in [2.45, 2.75) is 39.3 Å². The van der Waals surface area contributed by atoms with Crippen LogP contribution in [0.2, 0.25) is 5.02 Å². The summed E-state index contributed by atoms with van der Waals surface area (Å²) in [6.07, 6.45) is 1.55. The van der Waals surface area contributed by atoms with Crippen LogP contribution in [0.3, 0.4) is 0 Å². The van der Waals surface area contributed by atoms with E-state index in [0.717, 1.165) is 31.6 Å². The lowest BCUT2D eigenvalue weighted by Crippen LogP contribution is -2.51. The number of carbonyl (C=O) groups is 2. The molecule has 0 aliphatic carbocycles. The number of hydrogen-bond donors (Lipinski definition) is 2. The maximum Gasteiger partial charge on any atom is 0.411 e. The number of hydrogen-bond acceptors (Lipinski definition) is 4. The Kier molecular flexibility index (Phi) is 9.20. The molecule has 0 radical (unpaired) electrons. The van der Waals surface area contributed by atoms with Gasteiger partial charge in [-0.05, 0) is 67.2 Å². The Labute approximate surface area is 224 Å². The van der Waals surface area contributed by atoms with E-state index in [1.54, 1.807) is 6.07 Å². The number of piperidine rings is 1. The second-order valence-corrected chi connectivity index (χ2v) is 9.97. The number of benzene rings is 3. The molecule has 1 fully saturated rings. The minimum absolute atomic E-state index is 0.0133. The number of ether oxygens (including phenoxy) is 1. The van der Waals surface area contributed by atoms with Crippen LogP contribution in [-0.2, 0) is 29.0 Å². The van der Waals surface area contributed by atoms with Crippen molar-refractivity contribution in [3.8, 4) is 0 Å². The lowest BCUT2D eigenvalue weighted by atomic mass is 9.78. The maximum atomic E-state index is 13.5. The second-order valence-electron chi connectivity index (χ2n) is 9.57. The molecular formula is C30H34ClN3O3. The SMILES string of the molecule is CCc1ccc(NC(=O)OCC2(C(=O)NCc3ccccc3Cl)CCN(Cc3ccccc3)CC2)cc1. The molecule has 1 aliphatic heterocycles. The van der Waals surface area contributed by atoms with Crippen molar-refractivity contribution >= 4 is 29.3 Å². The fourth-order valence-electron chi connectivity index (χ4n) is 4.60. The van der Waals surface area contributed by atoms with Gasteiger partial charge in [0.1, 0.15) is 6.61 Å². The maximum absolute atomic E-state index is 13.5. The zero-order valence-electron chi connectivity index (χ0n) is 21.2. The summed E-state index contributed by atoms with van der Waals surface area (Å²) < 4.78 is 5.64. The molecule has 3 aromatic carbocycles. The van der Waals surface area contributed by atoms with Crippen LogP contribution in [0.25, 0.3) is 0 Å². The molecule has 0 saturated carbocycles. The number of halogens is 1. The second kappa shape index (κ2) is 12.7. The first kappa shape index (κ1) is 26.7. The van der Waals surface area contributed by atoms with Gasteiger partial charge in [-0.1, -0.05) is 79.2 Å². The number of nitrogens with zero attached hydrogens (tertiary/aromatic N) is 1. The Morgan fingerprint density at radius 3 is 2.27 bits per heavy atom. The van der Waals surface area contributed by atoms with Gasteiger partial charge in [0.05, 0.1) is 5.41 Å². The predicted octanol–water partition coefficient (Wildman–Crippen LogP) is 6.05. The van der Waals surface area contributed by atoms with Crippen molar-refractivity contribution < 1.29 is 14.3 Å². The first-order valence-electron chi connectivity index (χ1n) is 12.8. The molecule has 6 nitrogen and oxygen atoms in total. The highest BCUT2D eigenvalue weighted by molar-refractivity contribution is 6.31. The summed E-state index contributed by atoms with van der Waals surface area (Å²) in [6, 6.07) is 25.4. The molecule has 0 spiro atoms. The van der Waals surface area contributed by atoms with Crippen molar-refractivity contribution in [3.05, 3.63) is 101 Å². The number of amides is 2. The Morgan fingerprint density at radius 2 is 1.59 bits per heavy atom. The first-order valence-corrected chi connectivity index (χ1v) is 13.2. The molecule has 7 heteroatoms. The molecule has 0 bridgehead atoms. The molecule has 2 amide bonds. The first-order chi connectivity index (χ1) is 18.0. The van der Waals surface area contributed by atoms with Gasteiger partial charge in [0.15, 0.2) is 0 Å². The molecule has 1 heterocycles. The Bertz CT molecular complexity index is 1180. The van der Waals surface area contributed by atoms with E-state index in [0.29, 0.717) is 30.1 Å². The van der Waals surface area contributed by atoms with Crippen molar-refractivity contribution in [1.82, 2.24) is 10.2 Å². The number of anilines is 1. The third-order valence-corrected chi connectivity index (χ3v) is 7.40. The zero-order valence-corrected chi connectivity index (χ0v) is 22.0. The number of nitrogens with one attached hydrogen (secondary N) is 2. The van der Waals surface area contributed by atoms with E-state index in [4.69, 9.17) is 16.3 Å². The van der Waals surface area contributed by atoms with Gasteiger partial charge in [0.2, 0.25) is 5.91 Å². The largest absolute Gasteiger partial charge is 0.448 e. The third-order valence-electron chi connectivity index (χ3n) is 7.03. The van der Waals surface area contributed by atoms with E-state index in [1.165, 1.54) is 11.1 Å². The van der Waals surface area contributed by atoms with Gasteiger partial charge >= 0.3 is 6.09 Å². The van der Waals surface area contributed by atoms with Gasteiger partial charge in [0.25, 0.3) is 0 Å². The molecule has 0 aromatic heterocycles. The summed E-state index contributed by atoms with van der Waals surface area (Å²) in [5.41, 5.74) is 3.14. The predicted molar refractivity (Wildman–Crippen MR) is 147 cm³/mol. The molecule has 2 N–H and O–H groups in total. The van der Waals surface area contributed by atoms with E-state index in [2.05, 4.69) is 34.6 Å². The van der Waals surface area contributed by atoms with Crippen LogP contribution in [0.4, 0.5) is 10.5 Å². The number of aryl methyl sites for hydroxylation is 1. The third kappa shape index (κ3) is 7.34. The van der Waals surface area contributed by atoms with Gasteiger partial charge in [-0.25, -0.2) is 4.79 Å². The van der Waals surface area contributed by atoms with Crippen LogP contribution in [0.1, 0.15) is 36.5 Å². The van der Waals surface area contributed by atoms with E-state index in [9.17, 15) is 9.59 Å². The van der Waals surface area contributed by atoms with Gasteiger partial charge in [0, 0.05) is 23.8 Å². The van der Waals surface area contributed by atoms with E-state index >= 15 is 0 Å². The zero-order chi connectivity index (χ0) is 26.1. The van der Waals surface area contributed by atoms with Gasteiger partial charge in [-0.15, -0.1) is 0 Å². The van der Waals surface area contributed by atoms with Crippen molar-refractivity contribution in [2.24, 2.45) is 5.41 Å². The Morgan fingerprint density at radius 1 is 0.919 bits per heavy atom. The average Bonchev–Trinajstić information content (AvgIpc) is 2.93. The van der Waals surface area contributed by atoms with Crippen molar-refractivity contribution in [3.63, 3.8) is 0 Å². The van der Waals surface area contributed by atoms with Crippen molar-refractivity contribution in [2.75, 3.05) is 25.0 Å². The van der Waals surface area contributed by atoms with Gasteiger partial charge in [-0.3, -0.25) is 15.0 Å². The molecule has 0 atom stereocenters. The number of likely N-dealkylation sites (tertiary alicyclic amines) is 1. The summed E-state index contributed by atoms with van der Waals surface area (Å²) in [5, 5.41) is 6.43. The minimum Gasteiger partial charge on any atom is -0.448 e. The molecular weight excluding hydrogens is 486 g/mol. The topological polar surface area (TPSA) is 70.7 Å². The lowest BCUT2D eigenvalue weighted by molar-refractivity contribution is -0.137. The molecule has 1 aliphatic rings. The highest BCUT2D eigenvalue weighted by Crippen LogP contribution is 2.33. The van der Waals surface area contributed by atoms with Crippen LogP contribution >= 0.6 is 11.6 Å². The van der Waals surface area contributed by atoms with Crippen LogP contribution in [0, 0.1) is 5.41 Å². The lowest BCUT2D eigenvalue weighted by Gasteiger charge is -2.40. The van der Waals surface area contributed by atoms with Crippen LogP contribution in [0.5, 0.6) is 0 Å². The molecule has 0 unspecified atom stereocenters. The highest BCUT2D eigenvalue weighted by Gasteiger charge is 2.42. The number of rotatable bonds is 9. The van der Waals surface area contributed by atoms with E-state index in [-0.39, 0.29) is 12.5 Å². The fraction of sp³-hybridized carbons (Fsp3) is 0.333. The van der Waals surface area contributed by atoms with Crippen molar-refractivity contribution in [1.29, 1.82) is 0 Å². The van der Waals surface area contributed by atoms with E-state index in [1.807, 2.05) is 60.7 Å². The highest BCUT2D eigenvalue weighted by atomic mass is 35.5. The minimum atomic E-state index is -0.808. The summed E-state index contributed by atoms with van der Waals surface area (Å²) in [4.78, 5) is 28.5. The molecule has 37 heavy (non-hydrogen) atoms. The van der Waals surface area contributed by atoms with Crippen LogP contribution in [-0.4, -0.2) is 36.6 Å². The number of carbonyl (C=O) groups excluding carboxylic acids is 2. The quantitative estimate of drug-likeness (QED) is 0.361. The summed E-state index contributed by atoms with van der Waals surface area (Å²) in [5.74, 6) is -0.119. The van der Waals surface area contributed by atoms with E-state index < -0.39 is 11.5 Å². The van der Waals surface area contributed by atoms with Gasteiger partial charge in [-0.2, -0.15) is 0 Å². The molecule has 3 aromatic rings. The van der Waals surface area contributed by atoms with Crippen LogP contribution in [0.15, 0.2) is 78.9 Å². The molecule has 4 rings (SSSR count). The molecule has 1 saturated heterocycles. The van der Waals surface area contributed by atoms with Gasteiger partial charge < -0.3 is 10.1 Å². The Hall–Kier alpha value is -3.35. The Balaban J connectivity index is 1.40. The molecule has 194 valence electrons. The normalized spacial score (nSPS) is 15.1. The summed E-state index contributed by atoms with van der Waals surface area (Å²) in [6.45, 7) is 4.71. The smallest absolute Gasteiger partial charge is 0.411 e. The average molecular weight is 520 g/mol. The summed E-state index contributed by atoms with van der Waals surface area (Å²) in [7, 11) is 0. The van der Waals surface area contributed by atoms with Crippen LogP contribution < -0.4 is 10.6 Å². The summed E-state index contributed by atoms with van der Waals surface area (Å²) >= 11 is 6.29. The standard InChI is InChI=1S/C30H34ClN3O3/c1-2-23-12-14-26(15-13-23)33-29(36)37-22-30(28(35)32-20-25-10-6-7-11-27(25)31)16-18-34(19-17-30)21-24-8-4-3-5-9-24/h3-15H,2,16-22H2,1H3,(H,32,35)(H,33,36). The monoisotopic (exact) mass is 519 g/mol. The fourth-order valence-corrected chi connectivity index (χ4v) is 4.81.